The predicted molar refractivity (Wildman–Crippen MR) is 39.9 cm³/mol. The predicted octanol–water partition coefficient (Wildman–Crippen LogP) is 0.319. The number of nitrogens with one attached hydrogen (secondary N) is 1. The molecule has 1 aliphatic rings. The van der Waals surface area contributed by atoms with Gasteiger partial charge in [-0.05, 0) is 6.92 Å². The second kappa shape index (κ2) is 3.88. The van der Waals surface area contributed by atoms with Gasteiger partial charge in [-0.3, -0.25) is 0 Å². The molecule has 0 saturated heterocycles. The lowest BCUT2D eigenvalue weighted by atomic mass is 10.1. The monoisotopic (exact) mass is 149 g/mol. The highest BCUT2D eigenvalue weighted by atomic mass is 35.5. The zero-order valence-corrected chi connectivity index (χ0v) is 6.24. The Morgan fingerprint density at radius 3 is 2.78 bits per heavy atom. The number of halogens is 1. The Kier molecular flexibility index (Phi) is 3.86. The molecule has 1 rings (SSSR count). The van der Waals surface area contributed by atoms with Crippen LogP contribution in [0.2, 0.25) is 0 Å². The van der Waals surface area contributed by atoms with Crippen LogP contribution in [0, 0.1) is 0 Å². The largest absolute Gasteiger partial charge is 0.388 e. The Morgan fingerprint density at radius 1 is 1.78 bits per heavy atom. The molecule has 0 aliphatic carbocycles. The number of rotatable bonds is 0. The Hall–Kier alpha value is -0.0500. The fraction of sp³-hybridized carbons (Fsp3) is 0.667. The Labute approximate surface area is 61.4 Å². The Morgan fingerprint density at radius 2 is 2.44 bits per heavy atom. The van der Waals surface area contributed by atoms with E-state index in [2.05, 4.69) is 5.32 Å². The average molecular weight is 150 g/mol. The second-order valence-corrected chi connectivity index (χ2v) is 2.21. The van der Waals surface area contributed by atoms with Gasteiger partial charge in [-0.25, -0.2) is 0 Å². The van der Waals surface area contributed by atoms with E-state index in [-0.39, 0.29) is 18.5 Å². The SMILES string of the molecule is CC1=CC(O)CNC1.Cl. The van der Waals surface area contributed by atoms with Crippen LogP contribution in [-0.2, 0) is 0 Å². The van der Waals surface area contributed by atoms with Gasteiger partial charge in [0, 0.05) is 13.1 Å². The number of β-amino-alcohol motifs (C(OH)–C–C–N with tert-alkyl or cyclic N) is 1. The lowest BCUT2D eigenvalue weighted by Gasteiger charge is -2.14. The van der Waals surface area contributed by atoms with Crippen molar-refractivity contribution < 1.29 is 5.11 Å². The van der Waals surface area contributed by atoms with Crippen molar-refractivity contribution in [3.05, 3.63) is 11.6 Å². The van der Waals surface area contributed by atoms with E-state index in [0.29, 0.717) is 6.54 Å². The highest BCUT2D eigenvalue weighted by molar-refractivity contribution is 5.85. The molecule has 3 heteroatoms. The van der Waals surface area contributed by atoms with Gasteiger partial charge in [-0.2, -0.15) is 0 Å². The minimum absolute atomic E-state index is 0. The van der Waals surface area contributed by atoms with Crippen LogP contribution in [0.5, 0.6) is 0 Å². The molecule has 1 heterocycles. The minimum Gasteiger partial charge on any atom is -0.388 e. The van der Waals surface area contributed by atoms with Crippen molar-refractivity contribution in [2.75, 3.05) is 13.1 Å². The van der Waals surface area contributed by atoms with Crippen LogP contribution in [0.3, 0.4) is 0 Å². The first-order chi connectivity index (χ1) is 3.79. The van der Waals surface area contributed by atoms with Crippen LogP contribution < -0.4 is 5.32 Å². The van der Waals surface area contributed by atoms with Crippen molar-refractivity contribution in [1.82, 2.24) is 5.32 Å². The molecule has 0 amide bonds. The smallest absolute Gasteiger partial charge is 0.0848 e. The van der Waals surface area contributed by atoms with Crippen LogP contribution in [0.4, 0.5) is 0 Å². The van der Waals surface area contributed by atoms with Gasteiger partial charge in [-0.15, -0.1) is 12.4 Å². The van der Waals surface area contributed by atoms with E-state index in [4.69, 9.17) is 5.11 Å². The first-order valence-electron chi connectivity index (χ1n) is 2.85. The molecular weight excluding hydrogens is 138 g/mol. The molecule has 2 nitrogen and oxygen atoms in total. The molecule has 54 valence electrons. The molecule has 0 aromatic heterocycles. The minimum atomic E-state index is -0.260. The maximum Gasteiger partial charge on any atom is 0.0848 e. The summed E-state index contributed by atoms with van der Waals surface area (Å²) in [7, 11) is 0. The maximum atomic E-state index is 8.94. The quantitative estimate of drug-likeness (QED) is 0.487. The zero-order chi connectivity index (χ0) is 5.98. The highest BCUT2D eigenvalue weighted by Gasteiger charge is 2.04. The van der Waals surface area contributed by atoms with E-state index in [1.165, 1.54) is 5.57 Å². The molecule has 1 aliphatic heterocycles. The van der Waals surface area contributed by atoms with E-state index >= 15 is 0 Å². The van der Waals surface area contributed by atoms with Crippen LogP contribution in [0.15, 0.2) is 11.6 Å². The van der Waals surface area contributed by atoms with Crippen molar-refractivity contribution in [1.29, 1.82) is 0 Å². The summed E-state index contributed by atoms with van der Waals surface area (Å²) in [5, 5.41) is 12.0. The third-order valence-corrected chi connectivity index (χ3v) is 1.23. The number of hydrogen-bond donors (Lipinski definition) is 2. The van der Waals surface area contributed by atoms with E-state index in [1.54, 1.807) is 0 Å². The zero-order valence-electron chi connectivity index (χ0n) is 5.42. The second-order valence-electron chi connectivity index (χ2n) is 2.21. The summed E-state index contributed by atoms with van der Waals surface area (Å²) in [6.07, 6.45) is 1.62. The summed E-state index contributed by atoms with van der Waals surface area (Å²) in [6.45, 7) is 3.64. The number of hydrogen-bond acceptors (Lipinski definition) is 2. The van der Waals surface area contributed by atoms with Crippen LogP contribution in [0.25, 0.3) is 0 Å². The highest BCUT2D eigenvalue weighted by Crippen LogP contribution is 1.98. The van der Waals surface area contributed by atoms with Gasteiger partial charge < -0.3 is 10.4 Å². The van der Waals surface area contributed by atoms with Gasteiger partial charge in [0.2, 0.25) is 0 Å². The maximum absolute atomic E-state index is 8.94. The summed E-state index contributed by atoms with van der Waals surface area (Å²) in [4.78, 5) is 0. The Balaban J connectivity index is 0.000000640. The standard InChI is InChI=1S/C6H11NO.ClH/c1-5-2-6(8)4-7-3-5;/h2,6-8H,3-4H2,1H3;1H. The molecule has 0 saturated carbocycles. The van der Waals surface area contributed by atoms with Crippen molar-refractivity contribution in [2.45, 2.75) is 13.0 Å². The molecule has 0 radical (unpaired) electrons. The molecule has 0 spiro atoms. The van der Waals surface area contributed by atoms with Gasteiger partial charge in [0.25, 0.3) is 0 Å². The fourth-order valence-electron chi connectivity index (χ4n) is 0.863. The summed E-state index contributed by atoms with van der Waals surface area (Å²) < 4.78 is 0. The topological polar surface area (TPSA) is 32.3 Å². The third-order valence-electron chi connectivity index (χ3n) is 1.23. The molecule has 0 aromatic rings. The van der Waals surface area contributed by atoms with Gasteiger partial charge >= 0.3 is 0 Å². The van der Waals surface area contributed by atoms with Crippen molar-refractivity contribution in [3.63, 3.8) is 0 Å². The third kappa shape index (κ3) is 2.84. The molecule has 9 heavy (non-hydrogen) atoms. The van der Waals surface area contributed by atoms with E-state index in [0.717, 1.165) is 6.54 Å². The lowest BCUT2D eigenvalue weighted by Crippen LogP contribution is -2.31. The first-order valence-corrected chi connectivity index (χ1v) is 2.85. The number of aliphatic hydroxyl groups is 1. The van der Waals surface area contributed by atoms with Crippen LogP contribution in [-0.4, -0.2) is 24.3 Å². The lowest BCUT2D eigenvalue weighted by molar-refractivity contribution is 0.213. The summed E-state index contributed by atoms with van der Waals surface area (Å²) in [6, 6.07) is 0. The summed E-state index contributed by atoms with van der Waals surface area (Å²) in [5.74, 6) is 0. The van der Waals surface area contributed by atoms with E-state index in [1.807, 2.05) is 13.0 Å². The van der Waals surface area contributed by atoms with E-state index < -0.39 is 0 Å². The molecule has 1 unspecified atom stereocenters. The average Bonchev–Trinajstić information content (AvgIpc) is 1.64. The molecule has 0 bridgehead atoms. The van der Waals surface area contributed by atoms with Gasteiger partial charge in [0.15, 0.2) is 0 Å². The molecule has 2 N–H and O–H groups in total. The normalized spacial score (nSPS) is 26.4. The molecule has 0 aromatic carbocycles. The van der Waals surface area contributed by atoms with Gasteiger partial charge in [-0.1, -0.05) is 11.6 Å². The summed E-state index contributed by atoms with van der Waals surface area (Å²) >= 11 is 0. The Bertz CT molecular complexity index is 114. The van der Waals surface area contributed by atoms with Crippen LogP contribution in [0.1, 0.15) is 6.92 Å². The van der Waals surface area contributed by atoms with Crippen molar-refractivity contribution in [2.24, 2.45) is 0 Å². The van der Waals surface area contributed by atoms with E-state index in [9.17, 15) is 0 Å². The van der Waals surface area contributed by atoms with Crippen molar-refractivity contribution in [3.8, 4) is 0 Å². The summed E-state index contributed by atoms with van der Waals surface area (Å²) in [5.41, 5.74) is 1.23. The first kappa shape index (κ1) is 8.95. The molecule has 0 fully saturated rings. The van der Waals surface area contributed by atoms with Crippen LogP contribution >= 0.6 is 12.4 Å². The van der Waals surface area contributed by atoms with Gasteiger partial charge in [0.05, 0.1) is 6.10 Å². The number of aliphatic hydroxyl groups excluding tert-OH is 1. The van der Waals surface area contributed by atoms with Gasteiger partial charge in [0.1, 0.15) is 0 Å². The fourth-order valence-corrected chi connectivity index (χ4v) is 0.863. The molecular formula is C6H12ClNO. The molecule has 1 atom stereocenters. The van der Waals surface area contributed by atoms with Crippen molar-refractivity contribution >= 4 is 12.4 Å².